The summed E-state index contributed by atoms with van der Waals surface area (Å²) in [7, 11) is -1.49. The van der Waals surface area contributed by atoms with Gasteiger partial charge in [0.15, 0.2) is 0 Å². The lowest BCUT2D eigenvalue weighted by Gasteiger charge is -2.32. The van der Waals surface area contributed by atoms with Crippen molar-refractivity contribution >= 4 is 21.6 Å². The molecule has 6 nitrogen and oxygen atoms in total. The molecule has 0 aliphatic carbocycles. The summed E-state index contributed by atoms with van der Waals surface area (Å²) in [6.07, 6.45) is 2.89. The Labute approximate surface area is 131 Å². The molecule has 1 fully saturated rings. The SMILES string of the molecule is CNC1CCN(C(=O)c2cc(C)ccc2NS(C)(=O)=O)CC1. The average molecular weight is 325 g/mol. The summed E-state index contributed by atoms with van der Waals surface area (Å²) in [5.41, 5.74) is 1.68. The van der Waals surface area contributed by atoms with Crippen molar-refractivity contribution in [3.05, 3.63) is 29.3 Å². The van der Waals surface area contributed by atoms with E-state index in [0.29, 0.717) is 30.4 Å². The number of sulfonamides is 1. The summed E-state index contributed by atoms with van der Waals surface area (Å²) in [4.78, 5) is 14.5. The molecule has 1 aliphatic rings. The molecule has 22 heavy (non-hydrogen) atoms. The van der Waals surface area contributed by atoms with E-state index in [9.17, 15) is 13.2 Å². The van der Waals surface area contributed by atoms with Crippen molar-refractivity contribution < 1.29 is 13.2 Å². The topological polar surface area (TPSA) is 78.5 Å². The Hall–Kier alpha value is -1.60. The van der Waals surface area contributed by atoms with Crippen LogP contribution in [0.4, 0.5) is 5.69 Å². The molecular weight excluding hydrogens is 302 g/mol. The van der Waals surface area contributed by atoms with E-state index >= 15 is 0 Å². The van der Waals surface area contributed by atoms with Gasteiger partial charge in [-0.15, -0.1) is 0 Å². The van der Waals surface area contributed by atoms with Gasteiger partial charge in [-0.05, 0) is 38.9 Å². The zero-order valence-corrected chi connectivity index (χ0v) is 14.0. The van der Waals surface area contributed by atoms with Gasteiger partial charge in [-0.3, -0.25) is 9.52 Å². The van der Waals surface area contributed by atoms with E-state index in [1.54, 1.807) is 23.1 Å². The lowest BCUT2D eigenvalue weighted by Crippen LogP contribution is -2.44. The lowest BCUT2D eigenvalue weighted by molar-refractivity contribution is 0.0708. The fraction of sp³-hybridized carbons (Fsp3) is 0.533. The van der Waals surface area contributed by atoms with E-state index in [0.717, 1.165) is 24.7 Å². The maximum Gasteiger partial charge on any atom is 0.255 e. The molecule has 122 valence electrons. The lowest BCUT2D eigenvalue weighted by atomic mass is 10.0. The Morgan fingerprint density at radius 2 is 1.91 bits per heavy atom. The van der Waals surface area contributed by atoms with Crippen molar-refractivity contribution in [2.24, 2.45) is 0 Å². The summed E-state index contributed by atoms with van der Waals surface area (Å²) in [5.74, 6) is -0.121. The van der Waals surface area contributed by atoms with Crippen LogP contribution >= 0.6 is 0 Å². The largest absolute Gasteiger partial charge is 0.338 e. The molecule has 1 aliphatic heterocycles. The first-order chi connectivity index (χ1) is 10.3. The standard InChI is InChI=1S/C15H23N3O3S/c1-11-4-5-14(17-22(3,20)21)13(10-11)15(19)18-8-6-12(16-2)7-9-18/h4-5,10,12,16-17H,6-9H2,1-3H3. The number of hydrogen-bond acceptors (Lipinski definition) is 4. The number of nitrogens with zero attached hydrogens (tertiary/aromatic N) is 1. The van der Waals surface area contributed by atoms with Gasteiger partial charge >= 0.3 is 0 Å². The fourth-order valence-electron chi connectivity index (χ4n) is 2.67. The number of aryl methyl sites for hydroxylation is 1. The molecule has 2 N–H and O–H groups in total. The highest BCUT2D eigenvalue weighted by Crippen LogP contribution is 2.22. The van der Waals surface area contributed by atoms with Crippen LogP contribution in [0.3, 0.4) is 0 Å². The van der Waals surface area contributed by atoms with Crippen molar-refractivity contribution in [1.82, 2.24) is 10.2 Å². The van der Waals surface area contributed by atoms with E-state index in [4.69, 9.17) is 0 Å². The van der Waals surface area contributed by atoms with Crippen molar-refractivity contribution in [2.75, 3.05) is 31.1 Å². The summed E-state index contributed by atoms with van der Waals surface area (Å²) >= 11 is 0. The molecule has 0 spiro atoms. The van der Waals surface area contributed by atoms with Gasteiger partial charge in [0.25, 0.3) is 5.91 Å². The van der Waals surface area contributed by atoms with Crippen molar-refractivity contribution in [3.8, 4) is 0 Å². The first kappa shape index (κ1) is 16.8. The van der Waals surface area contributed by atoms with Crippen LogP contribution in [0.2, 0.25) is 0 Å². The van der Waals surface area contributed by atoms with E-state index in [1.165, 1.54) is 0 Å². The average Bonchev–Trinajstić information content (AvgIpc) is 2.47. The minimum atomic E-state index is -3.42. The molecule has 2 rings (SSSR count). The number of hydrogen-bond donors (Lipinski definition) is 2. The number of nitrogens with one attached hydrogen (secondary N) is 2. The highest BCUT2D eigenvalue weighted by Gasteiger charge is 2.25. The van der Waals surface area contributed by atoms with Crippen molar-refractivity contribution in [2.45, 2.75) is 25.8 Å². The molecule has 1 aromatic rings. The normalized spacial score (nSPS) is 16.6. The van der Waals surface area contributed by atoms with Crippen LogP contribution in [-0.2, 0) is 10.0 Å². The Kier molecular flexibility index (Phi) is 5.08. The van der Waals surface area contributed by atoms with Gasteiger partial charge in [0.1, 0.15) is 0 Å². The van der Waals surface area contributed by atoms with Crippen LogP contribution in [0.1, 0.15) is 28.8 Å². The zero-order valence-electron chi connectivity index (χ0n) is 13.2. The third-order valence-corrected chi connectivity index (χ3v) is 4.48. The second-order valence-electron chi connectivity index (χ2n) is 5.78. The van der Waals surface area contributed by atoms with Gasteiger partial charge in [0.2, 0.25) is 10.0 Å². The van der Waals surface area contributed by atoms with Crippen molar-refractivity contribution in [3.63, 3.8) is 0 Å². The van der Waals surface area contributed by atoms with Crippen LogP contribution in [0.15, 0.2) is 18.2 Å². The Balaban J connectivity index is 2.23. The number of rotatable bonds is 4. The molecule has 0 radical (unpaired) electrons. The minimum absolute atomic E-state index is 0.121. The highest BCUT2D eigenvalue weighted by atomic mass is 32.2. The number of piperidine rings is 1. The molecule has 7 heteroatoms. The molecule has 0 atom stereocenters. The number of amides is 1. The van der Waals surface area contributed by atoms with Crippen LogP contribution < -0.4 is 10.0 Å². The number of anilines is 1. The van der Waals surface area contributed by atoms with Crippen LogP contribution in [0.25, 0.3) is 0 Å². The van der Waals surface area contributed by atoms with Gasteiger partial charge in [0, 0.05) is 19.1 Å². The first-order valence-corrected chi connectivity index (χ1v) is 9.24. The van der Waals surface area contributed by atoms with E-state index in [-0.39, 0.29) is 5.91 Å². The maximum absolute atomic E-state index is 12.7. The maximum atomic E-state index is 12.7. The number of carbonyl (C=O) groups excluding carboxylic acids is 1. The number of carbonyl (C=O) groups is 1. The van der Waals surface area contributed by atoms with Crippen molar-refractivity contribution in [1.29, 1.82) is 0 Å². The highest BCUT2D eigenvalue weighted by molar-refractivity contribution is 7.92. The molecule has 0 bridgehead atoms. The Morgan fingerprint density at radius 1 is 1.27 bits per heavy atom. The molecule has 1 amide bonds. The fourth-order valence-corrected chi connectivity index (χ4v) is 3.24. The Bertz CT molecular complexity index is 650. The number of likely N-dealkylation sites (tertiary alicyclic amines) is 1. The second kappa shape index (κ2) is 6.66. The third kappa shape index (κ3) is 4.20. The molecule has 1 heterocycles. The molecule has 0 saturated carbocycles. The van der Waals surface area contributed by atoms with Gasteiger partial charge in [-0.25, -0.2) is 8.42 Å². The molecular formula is C15H23N3O3S. The summed E-state index contributed by atoms with van der Waals surface area (Å²) in [6.45, 7) is 3.24. The van der Waals surface area contributed by atoms with E-state index in [2.05, 4.69) is 10.0 Å². The third-order valence-electron chi connectivity index (χ3n) is 3.89. The van der Waals surface area contributed by atoms with E-state index < -0.39 is 10.0 Å². The van der Waals surface area contributed by atoms with Gasteiger partial charge < -0.3 is 10.2 Å². The summed E-state index contributed by atoms with van der Waals surface area (Å²) in [5, 5.41) is 3.23. The zero-order chi connectivity index (χ0) is 16.3. The molecule has 0 unspecified atom stereocenters. The van der Waals surface area contributed by atoms with Crippen LogP contribution in [0, 0.1) is 6.92 Å². The summed E-state index contributed by atoms with van der Waals surface area (Å²) in [6, 6.07) is 5.61. The minimum Gasteiger partial charge on any atom is -0.338 e. The van der Waals surface area contributed by atoms with Gasteiger partial charge in [-0.1, -0.05) is 11.6 Å². The second-order valence-corrected chi connectivity index (χ2v) is 7.53. The van der Waals surface area contributed by atoms with Gasteiger partial charge in [0.05, 0.1) is 17.5 Å². The van der Waals surface area contributed by atoms with E-state index in [1.807, 2.05) is 14.0 Å². The summed E-state index contributed by atoms with van der Waals surface area (Å²) < 4.78 is 25.4. The quantitative estimate of drug-likeness (QED) is 0.872. The first-order valence-electron chi connectivity index (χ1n) is 7.35. The van der Waals surface area contributed by atoms with Crippen LogP contribution in [-0.4, -0.2) is 51.7 Å². The predicted octanol–water partition coefficient (Wildman–Crippen LogP) is 1.19. The number of benzene rings is 1. The molecule has 1 aromatic carbocycles. The monoisotopic (exact) mass is 325 g/mol. The Morgan fingerprint density at radius 3 is 2.45 bits per heavy atom. The predicted molar refractivity (Wildman–Crippen MR) is 87.6 cm³/mol. The molecule has 0 aromatic heterocycles. The van der Waals surface area contributed by atoms with Crippen LogP contribution in [0.5, 0.6) is 0 Å². The molecule has 1 saturated heterocycles. The smallest absolute Gasteiger partial charge is 0.255 e. The van der Waals surface area contributed by atoms with Gasteiger partial charge in [-0.2, -0.15) is 0 Å².